The number of aliphatic hydroxyl groups excluding tert-OH is 1. The first-order valence-electron chi connectivity index (χ1n) is 4.03. The van der Waals surface area contributed by atoms with Crippen molar-refractivity contribution in [2.45, 2.75) is 18.8 Å². The zero-order chi connectivity index (χ0) is 10.9. The van der Waals surface area contributed by atoms with Crippen LogP contribution in [0.3, 0.4) is 0 Å². The first kappa shape index (κ1) is 11.2. The van der Waals surface area contributed by atoms with Gasteiger partial charge in [0.15, 0.2) is 0 Å². The molecule has 0 aliphatic heterocycles. The number of aryl methyl sites for hydroxylation is 2. The Morgan fingerprint density at radius 2 is 2.21 bits per heavy atom. The summed E-state index contributed by atoms with van der Waals surface area (Å²) in [4.78, 5) is 0. The van der Waals surface area contributed by atoms with Crippen molar-refractivity contribution in [1.82, 2.24) is 9.78 Å². The van der Waals surface area contributed by atoms with Gasteiger partial charge in [0, 0.05) is 18.8 Å². The second-order valence-electron chi connectivity index (χ2n) is 2.93. The molecule has 0 saturated heterocycles. The summed E-state index contributed by atoms with van der Waals surface area (Å²) in [6.07, 6.45) is 1.86. The normalized spacial score (nSPS) is 14.3. The molecule has 1 heterocycles. The molecule has 0 amide bonds. The maximum Gasteiger partial charge on any atom is 0.296 e. The Balaban J connectivity index is 3.18. The molecule has 7 heteroatoms. The quantitative estimate of drug-likeness (QED) is 0.692. The molecule has 1 rings (SSSR count). The highest BCUT2D eigenvalue weighted by Crippen LogP contribution is 2.21. The zero-order valence-corrected chi connectivity index (χ0v) is 8.69. The number of nitrogens with zero attached hydrogens (tertiary/aromatic N) is 2. The SMILES string of the molecule is CCc1nn(C)cc1C(O)S(=O)(=O)O. The molecule has 0 aliphatic carbocycles. The summed E-state index contributed by atoms with van der Waals surface area (Å²) in [5, 5.41) is 13.2. The average Bonchev–Trinajstić information content (AvgIpc) is 2.43. The van der Waals surface area contributed by atoms with E-state index < -0.39 is 15.6 Å². The van der Waals surface area contributed by atoms with Crippen LogP contribution in [0, 0.1) is 0 Å². The molecule has 14 heavy (non-hydrogen) atoms. The molecule has 80 valence electrons. The lowest BCUT2D eigenvalue weighted by Gasteiger charge is -2.05. The Morgan fingerprint density at radius 3 is 2.64 bits per heavy atom. The molecule has 0 aromatic carbocycles. The average molecular weight is 220 g/mol. The molecule has 1 atom stereocenters. The highest BCUT2D eigenvalue weighted by Gasteiger charge is 2.26. The Kier molecular flexibility index (Phi) is 2.93. The largest absolute Gasteiger partial charge is 0.371 e. The van der Waals surface area contributed by atoms with Crippen LogP contribution in [0.5, 0.6) is 0 Å². The van der Waals surface area contributed by atoms with Crippen molar-refractivity contribution in [3.05, 3.63) is 17.5 Å². The van der Waals surface area contributed by atoms with Crippen LogP contribution >= 0.6 is 0 Å². The van der Waals surface area contributed by atoms with Gasteiger partial charge in [0.2, 0.25) is 5.44 Å². The smallest absolute Gasteiger partial charge is 0.296 e. The summed E-state index contributed by atoms with van der Waals surface area (Å²) in [6.45, 7) is 1.78. The first-order valence-corrected chi connectivity index (χ1v) is 5.53. The van der Waals surface area contributed by atoms with Crippen LogP contribution in [-0.4, -0.2) is 27.9 Å². The van der Waals surface area contributed by atoms with Crippen molar-refractivity contribution < 1.29 is 18.1 Å². The van der Waals surface area contributed by atoms with Crippen LogP contribution in [0.2, 0.25) is 0 Å². The van der Waals surface area contributed by atoms with Gasteiger partial charge in [-0.2, -0.15) is 13.5 Å². The maximum absolute atomic E-state index is 10.7. The topological polar surface area (TPSA) is 92.4 Å². The van der Waals surface area contributed by atoms with Gasteiger partial charge in [-0.05, 0) is 6.42 Å². The Labute approximate surface area is 81.9 Å². The monoisotopic (exact) mass is 220 g/mol. The van der Waals surface area contributed by atoms with Crippen LogP contribution in [0.25, 0.3) is 0 Å². The molecule has 0 aliphatic rings. The second-order valence-corrected chi connectivity index (χ2v) is 4.40. The third-order valence-electron chi connectivity index (χ3n) is 1.82. The molecule has 0 spiro atoms. The summed E-state index contributed by atoms with van der Waals surface area (Å²) in [5.41, 5.74) is -1.33. The van der Waals surface area contributed by atoms with Gasteiger partial charge in [0.1, 0.15) is 0 Å². The summed E-state index contributed by atoms with van der Waals surface area (Å²) >= 11 is 0. The van der Waals surface area contributed by atoms with Crippen LogP contribution in [0.1, 0.15) is 23.6 Å². The maximum atomic E-state index is 10.7. The van der Waals surface area contributed by atoms with Crippen LogP contribution in [0.15, 0.2) is 6.20 Å². The molecule has 0 fully saturated rings. The molecule has 0 saturated carbocycles. The fourth-order valence-electron chi connectivity index (χ4n) is 1.19. The number of rotatable bonds is 3. The summed E-state index contributed by atoms with van der Waals surface area (Å²) in [6, 6.07) is 0. The lowest BCUT2D eigenvalue weighted by atomic mass is 10.2. The Morgan fingerprint density at radius 1 is 1.64 bits per heavy atom. The lowest BCUT2D eigenvalue weighted by molar-refractivity contribution is 0.237. The molecule has 1 unspecified atom stereocenters. The molecular formula is C7H12N2O4S. The highest BCUT2D eigenvalue weighted by molar-refractivity contribution is 7.85. The van der Waals surface area contributed by atoms with E-state index in [9.17, 15) is 13.5 Å². The molecule has 6 nitrogen and oxygen atoms in total. The van der Waals surface area contributed by atoms with E-state index in [4.69, 9.17) is 4.55 Å². The van der Waals surface area contributed by atoms with Crippen LogP contribution in [-0.2, 0) is 23.6 Å². The number of aliphatic hydroxyl groups is 1. The molecule has 2 N–H and O–H groups in total. The van der Waals surface area contributed by atoms with Crippen molar-refractivity contribution in [3.8, 4) is 0 Å². The summed E-state index contributed by atoms with van der Waals surface area (Å²) < 4.78 is 31.4. The Hall–Kier alpha value is -0.920. The fourth-order valence-corrected chi connectivity index (χ4v) is 1.71. The third kappa shape index (κ3) is 2.11. The summed E-state index contributed by atoms with van der Waals surface area (Å²) in [7, 11) is -2.86. The van der Waals surface area contributed by atoms with E-state index >= 15 is 0 Å². The van der Waals surface area contributed by atoms with Gasteiger partial charge < -0.3 is 5.11 Å². The van der Waals surface area contributed by atoms with Gasteiger partial charge in [-0.3, -0.25) is 9.23 Å². The van der Waals surface area contributed by atoms with E-state index in [0.29, 0.717) is 12.1 Å². The van der Waals surface area contributed by atoms with Crippen molar-refractivity contribution in [2.24, 2.45) is 7.05 Å². The van der Waals surface area contributed by atoms with Crippen molar-refractivity contribution >= 4 is 10.1 Å². The minimum absolute atomic E-state index is 0.123. The van der Waals surface area contributed by atoms with Crippen molar-refractivity contribution in [2.75, 3.05) is 0 Å². The summed E-state index contributed by atoms with van der Waals surface area (Å²) in [5.74, 6) is 0. The van der Waals surface area contributed by atoms with Crippen molar-refractivity contribution in [3.63, 3.8) is 0 Å². The molecule has 1 aromatic rings. The second kappa shape index (κ2) is 3.68. The minimum Gasteiger partial charge on any atom is -0.371 e. The fraction of sp³-hybridized carbons (Fsp3) is 0.571. The number of hydrogen-bond donors (Lipinski definition) is 2. The first-order chi connectivity index (χ1) is 6.36. The highest BCUT2D eigenvalue weighted by atomic mass is 32.2. The molecule has 0 bridgehead atoms. The van der Waals surface area contributed by atoms with Gasteiger partial charge >= 0.3 is 0 Å². The predicted octanol–water partition coefficient (Wildman–Crippen LogP) is -0.139. The van der Waals surface area contributed by atoms with E-state index in [1.54, 1.807) is 14.0 Å². The van der Waals surface area contributed by atoms with E-state index in [2.05, 4.69) is 5.10 Å². The predicted molar refractivity (Wildman–Crippen MR) is 49.1 cm³/mol. The van der Waals surface area contributed by atoms with Gasteiger partial charge in [-0.1, -0.05) is 6.92 Å². The van der Waals surface area contributed by atoms with Gasteiger partial charge in [-0.15, -0.1) is 0 Å². The van der Waals surface area contributed by atoms with Crippen molar-refractivity contribution in [1.29, 1.82) is 0 Å². The van der Waals surface area contributed by atoms with E-state index in [-0.39, 0.29) is 5.56 Å². The standard InChI is InChI=1S/C7H12N2O4S/c1-3-6-5(4-9(2)8-6)7(10)14(11,12)13/h4,7,10H,3H2,1-2H3,(H,11,12,13). The van der Waals surface area contributed by atoms with E-state index in [1.807, 2.05) is 0 Å². The Bertz CT molecular complexity index is 423. The van der Waals surface area contributed by atoms with Crippen LogP contribution < -0.4 is 0 Å². The van der Waals surface area contributed by atoms with E-state index in [1.165, 1.54) is 10.9 Å². The minimum atomic E-state index is -4.47. The lowest BCUT2D eigenvalue weighted by Crippen LogP contribution is -2.12. The molecular weight excluding hydrogens is 208 g/mol. The molecule has 1 aromatic heterocycles. The van der Waals surface area contributed by atoms with E-state index in [0.717, 1.165) is 0 Å². The van der Waals surface area contributed by atoms with Crippen LogP contribution in [0.4, 0.5) is 0 Å². The molecule has 0 radical (unpaired) electrons. The zero-order valence-electron chi connectivity index (χ0n) is 7.88. The van der Waals surface area contributed by atoms with Gasteiger partial charge in [0.25, 0.3) is 10.1 Å². The number of hydrogen-bond acceptors (Lipinski definition) is 4. The van der Waals surface area contributed by atoms with Gasteiger partial charge in [-0.25, -0.2) is 0 Å². The van der Waals surface area contributed by atoms with Gasteiger partial charge in [0.05, 0.1) is 5.69 Å². The number of aromatic nitrogens is 2. The third-order valence-corrected chi connectivity index (χ3v) is 2.64.